The van der Waals surface area contributed by atoms with Gasteiger partial charge in [0.1, 0.15) is 11.8 Å². The van der Waals surface area contributed by atoms with Gasteiger partial charge in [-0.1, -0.05) is 18.5 Å². The molecule has 108 valence electrons. The van der Waals surface area contributed by atoms with E-state index in [2.05, 4.69) is 10.0 Å². The van der Waals surface area contributed by atoms with E-state index in [1.165, 1.54) is 4.90 Å². The molecule has 1 unspecified atom stereocenters. The van der Waals surface area contributed by atoms with Crippen LogP contribution < -0.4 is 0 Å². The third-order valence-electron chi connectivity index (χ3n) is 3.07. The predicted molar refractivity (Wildman–Crippen MR) is 69.5 cm³/mol. The molecule has 0 spiro atoms. The van der Waals surface area contributed by atoms with Crippen molar-refractivity contribution in [3.8, 4) is 0 Å². The molecule has 1 aliphatic rings. The first kappa shape index (κ1) is 15.6. The van der Waals surface area contributed by atoms with Crippen LogP contribution in [0, 0.1) is 0 Å². The van der Waals surface area contributed by atoms with Gasteiger partial charge in [-0.3, -0.25) is 0 Å². The number of hydrogen-bond donors (Lipinski definition) is 0. The smallest absolute Gasteiger partial charge is 0.410 e. The summed E-state index contributed by atoms with van der Waals surface area (Å²) in [7, 11) is 0. The van der Waals surface area contributed by atoms with Crippen LogP contribution in [0.5, 0.6) is 0 Å². The van der Waals surface area contributed by atoms with Crippen molar-refractivity contribution >= 4 is 6.09 Å². The Morgan fingerprint density at radius 1 is 1.58 bits per heavy atom. The zero-order valence-electron chi connectivity index (χ0n) is 11.7. The number of amides is 1. The van der Waals surface area contributed by atoms with Gasteiger partial charge in [0.15, 0.2) is 0 Å². The Hall–Kier alpha value is -1.49. The van der Waals surface area contributed by atoms with Gasteiger partial charge in [0, 0.05) is 11.5 Å². The summed E-state index contributed by atoms with van der Waals surface area (Å²) in [5.74, 6) is 0. The topological polar surface area (TPSA) is 78.3 Å². The van der Waals surface area contributed by atoms with Gasteiger partial charge in [0.25, 0.3) is 0 Å². The van der Waals surface area contributed by atoms with Gasteiger partial charge < -0.3 is 9.64 Å². The number of rotatable bonds is 4. The van der Waals surface area contributed by atoms with Crippen molar-refractivity contribution in [3.63, 3.8) is 0 Å². The van der Waals surface area contributed by atoms with Crippen molar-refractivity contribution in [1.29, 1.82) is 0 Å². The maximum atomic E-state index is 13.5. The number of nitrogens with zero attached hydrogens (tertiary/aromatic N) is 4. The number of ether oxygens (including phenoxy) is 1. The van der Waals surface area contributed by atoms with Crippen LogP contribution in [-0.2, 0) is 4.74 Å². The van der Waals surface area contributed by atoms with Crippen LogP contribution in [0.2, 0.25) is 0 Å². The molecule has 1 aliphatic heterocycles. The van der Waals surface area contributed by atoms with E-state index in [0.29, 0.717) is 0 Å². The van der Waals surface area contributed by atoms with Gasteiger partial charge in [-0.2, -0.15) is 0 Å². The van der Waals surface area contributed by atoms with E-state index in [9.17, 15) is 9.18 Å². The largest absolute Gasteiger partial charge is 0.443 e. The molecule has 0 aliphatic carbocycles. The fraction of sp³-hybridized carbons (Fsp3) is 0.917. The van der Waals surface area contributed by atoms with E-state index in [1.54, 1.807) is 0 Å². The third kappa shape index (κ3) is 4.95. The molecule has 1 rings (SSSR count). The monoisotopic (exact) mass is 272 g/mol. The summed E-state index contributed by atoms with van der Waals surface area (Å²) in [4.78, 5) is 15.9. The highest BCUT2D eigenvalue weighted by Gasteiger charge is 2.32. The summed E-state index contributed by atoms with van der Waals surface area (Å²) in [5.41, 5.74) is 7.82. The predicted octanol–water partition coefficient (Wildman–Crippen LogP) is 3.42. The molecule has 1 fully saturated rings. The molecule has 1 heterocycles. The zero-order valence-corrected chi connectivity index (χ0v) is 11.7. The Bertz CT molecular complexity index is 369. The number of alkyl halides is 1. The van der Waals surface area contributed by atoms with Crippen LogP contribution in [0.1, 0.15) is 40.0 Å². The normalized spacial score (nSPS) is 23.7. The van der Waals surface area contributed by atoms with Gasteiger partial charge >= 0.3 is 6.09 Å². The minimum atomic E-state index is -1.17. The fourth-order valence-corrected chi connectivity index (χ4v) is 2.27. The van der Waals surface area contributed by atoms with Gasteiger partial charge in [0.05, 0.1) is 12.6 Å². The number of likely N-dealkylation sites (tertiary alicyclic amines) is 1. The molecule has 6 nitrogen and oxygen atoms in total. The SMILES string of the molecule is CCCC(C)(C)OC(=O)N1CC(N=[N+]=[N-])C[C@H](F)C1. The van der Waals surface area contributed by atoms with E-state index in [0.717, 1.165) is 12.8 Å². The van der Waals surface area contributed by atoms with Crippen molar-refractivity contribution < 1.29 is 13.9 Å². The second-order valence-corrected chi connectivity index (χ2v) is 5.47. The molecule has 1 amide bonds. The van der Waals surface area contributed by atoms with Crippen molar-refractivity contribution in [2.24, 2.45) is 5.11 Å². The lowest BCUT2D eigenvalue weighted by molar-refractivity contribution is -0.00275. The number of hydrogen-bond acceptors (Lipinski definition) is 3. The lowest BCUT2D eigenvalue weighted by Gasteiger charge is -2.35. The lowest BCUT2D eigenvalue weighted by atomic mass is 10.0. The quantitative estimate of drug-likeness (QED) is 0.446. The molecule has 0 N–H and O–H groups in total. The zero-order chi connectivity index (χ0) is 14.5. The van der Waals surface area contributed by atoms with Crippen LogP contribution in [-0.4, -0.2) is 41.9 Å². The van der Waals surface area contributed by atoms with Gasteiger partial charge in [-0.15, -0.1) is 0 Å². The average molecular weight is 272 g/mol. The lowest BCUT2D eigenvalue weighted by Crippen LogP contribution is -2.48. The Kier molecular flexibility index (Phi) is 5.42. The fourth-order valence-electron chi connectivity index (χ4n) is 2.27. The summed E-state index contributed by atoms with van der Waals surface area (Å²) in [6.45, 7) is 5.88. The van der Waals surface area contributed by atoms with Crippen LogP contribution in [0.4, 0.5) is 9.18 Å². The van der Waals surface area contributed by atoms with Crippen LogP contribution in [0.3, 0.4) is 0 Å². The first-order valence-corrected chi connectivity index (χ1v) is 6.54. The minimum Gasteiger partial charge on any atom is -0.443 e. The van der Waals surface area contributed by atoms with Gasteiger partial charge in [-0.05, 0) is 32.2 Å². The Labute approximate surface area is 112 Å². The maximum absolute atomic E-state index is 13.5. The molecule has 2 atom stereocenters. The standard InChI is InChI=1S/C12H21FN4O2/c1-4-5-12(2,3)19-11(18)17-7-9(13)6-10(8-17)15-16-14/h9-10H,4-8H2,1-3H3/t9-,10?/m0/s1. The molecule has 7 heteroatoms. The number of piperidine rings is 1. The molecule has 0 aromatic carbocycles. The van der Waals surface area contributed by atoms with Crippen molar-refractivity contribution in [1.82, 2.24) is 4.90 Å². The molecule has 0 aromatic rings. The summed E-state index contributed by atoms with van der Waals surface area (Å²) >= 11 is 0. The van der Waals surface area contributed by atoms with Crippen LogP contribution >= 0.6 is 0 Å². The summed E-state index contributed by atoms with van der Waals surface area (Å²) in [6.07, 6.45) is 0.0790. The Balaban J connectivity index is 2.63. The first-order valence-electron chi connectivity index (χ1n) is 6.54. The van der Waals surface area contributed by atoms with Crippen molar-refractivity contribution in [2.45, 2.75) is 57.8 Å². The highest BCUT2D eigenvalue weighted by atomic mass is 19.1. The molecule has 0 saturated carbocycles. The number of carbonyl (C=O) groups is 1. The summed E-state index contributed by atoms with van der Waals surface area (Å²) < 4.78 is 18.9. The van der Waals surface area contributed by atoms with E-state index < -0.39 is 23.9 Å². The van der Waals surface area contributed by atoms with Crippen molar-refractivity contribution in [2.75, 3.05) is 13.1 Å². The van der Waals surface area contributed by atoms with E-state index in [4.69, 9.17) is 10.3 Å². The molecule has 1 saturated heterocycles. The molecule has 0 bridgehead atoms. The Morgan fingerprint density at radius 3 is 2.84 bits per heavy atom. The number of carbonyl (C=O) groups excluding carboxylic acids is 1. The molecule has 0 aromatic heterocycles. The Morgan fingerprint density at radius 2 is 2.26 bits per heavy atom. The number of azide groups is 1. The second-order valence-electron chi connectivity index (χ2n) is 5.47. The van der Waals surface area contributed by atoms with Crippen LogP contribution in [0.25, 0.3) is 10.4 Å². The molecule has 19 heavy (non-hydrogen) atoms. The first-order chi connectivity index (χ1) is 8.88. The maximum Gasteiger partial charge on any atom is 0.410 e. The number of halogens is 1. The third-order valence-corrected chi connectivity index (χ3v) is 3.07. The van der Waals surface area contributed by atoms with Crippen molar-refractivity contribution in [3.05, 3.63) is 10.4 Å². The van der Waals surface area contributed by atoms with E-state index >= 15 is 0 Å². The van der Waals surface area contributed by atoms with E-state index in [1.807, 2.05) is 20.8 Å². The summed E-state index contributed by atoms with van der Waals surface area (Å²) in [6, 6.07) is -0.518. The second kappa shape index (κ2) is 6.61. The van der Waals surface area contributed by atoms with Crippen LogP contribution in [0.15, 0.2) is 5.11 Å². The minimum absolute atomic E-state index is 0.00150. The van der Waals surface area contributed by atoms with Gasteiger partial charge in [-0.25, -0.2) is 9.18 Å². The molecular weight excluding hydrogens is 251 g/mol. The average Bonchev–Trinajstić information content (AvgIpc) is 2.27. The highest BCUT2D eigenvalue weighted by molar-refractivity contribution is 5.68. The molecular formula is C12H21FN4O2. The summed E-state index contributed by atoms with van der Waals surface area (Å²) in [5, 5.41) is 3.49. The van der Waals surface area contributed by atoms with E-state index in [-0.39, 0.29) is 19.5 Å². The highest BCUT2D eigenvalue weighted by Crippen LogP contribution is 2.22. The van der Waals surface area contributed by atoms with Gasteiger partial charge in [0.2, 0.25) is 0 Å². The molecule has 0 radical (unpaired) electrons.